The predicted molar refractivity (Wildman–Crippen MR) is 75.9 cm³/mol. The van der Waals surface area contributed by atoms with Gasteiger partial charge in [-0.15, -0.1) is 0 Å². The standard InChI is InChI=1S/C12H10ClN3O2S/c1-19-11-14-6-8(10(15-11)16-12(17)18)7-4-2-3-5-9(7)13/h2-6H,1H3,(H,17,18)(H,14,15,16). The van der Waals surface area contributed by atoms with Crippen molar-refractivity contribution in [1.29, 1.82) is 0 Å². The van der Waals surface area contributed by atoms with Crippen LogP contribution in [-0.4, -0.2) is 27.4 Å². The lowest BCUT2D eigenvalue weighted by atomic mass is 10.1. The average molecular weight is 296 g/mol. The number of aromatic nitrogens is 2. The second-order valence-corrected chi connectivity index (χ2v) is 4.71. The van der Waals surface area contributed by atoms with Crippen LogP contribution < -0.4 is 5.32 Å². The van der Waals surface area contributed by atoms with E-state index < -0.39 is 6.09 Å². The van der Waals surface area contributed by atoms with Crippen LogP contribution in [0.5, 0.6) is 0 Å². The third-order valence-corrected chi connectivity index (χ3v) is 3.23. The monoisotopic (exact) mass is 295 g/mol. The summed E-state index contributed by atoms with van der Waals surface area (Å²) < 4.78 is 0. The first-order chi connectivity index (χ1) is 9.11. The van der Waals surface area contributed by atoms with Crippen molar-refractivity contribution in [2.24, 2.45) is 0 Å². The van der Waals surface area contributed by atoms with Crippen LogP contribution in [0.4, 0.5) is 10.6 Å². The summed E-state index contributed by atoms with van der Waals surface area (Å²) >= 11 is 7.43. The summed E-state index contributed by atoms with van der Waals surface area (Å²) in [5, 5.41) is 12.1. The SMILES string of the molecule is CSc1ncc(-c2ccccc2Cl)c(NC(=O)O)n1. The fraction of sp³-hybridized carbons (Fsp3) is 0.0833. The topological polar surface area (TPSA) is 75.1 Å². The highest BCUT2D eigenvalue weighted by molar-refractivity contribution is 7.98. The van der Waals surface area contributed by atoms with Crippen LogP contribution in [0.25, 0.3) is 11.1 Å². The molecule has 0 bridgehead atoms. The van der Waals surface area contributed by atoms with Gasteiger partial charge in [0.15, 0.2) is 5.16 Å². The van der Waals surface area contributed by atoms with Crippen molar-refractivity contribution in [1.82, 2.24) is 9.97 Å². The van der Waals surface area contributed by atoms with E-state index in [1.807, 2.05) is 12.3 Å². The zero-order valence-corrected chi connectivity index (χ0v) is 11.5. The van der Waals surface area contributed by atoms with E-state index in [0.29, 0.717) is 21.3 Å². The number of thioether (sulfide) groups is 1. The fourth-order valence-electron chi connectivity index (χ4n) is 1.54. The zero-order valence-electron chi connectivity index (χ0n) is 9.92. The highest BCUT2D eigenvalue weighted by Crippen LogP contribution is 2.32. The van der Waals surface area contributed by atoms with Crippen molar-refractivity contribution in [3.8, 4) is 11.1 Å². The summed E-state index contributed by atoms with van der Waals surface area (Å²) in [6.45, 7) is 0. The number of amides is 1. The molecule has 1 aromatic heterocycles. The molecule has 0 aliphatic rings. The molecule has 1 amide bonds. The number of nitrogens with one attached hydrogen (secondary N) is 1. The van der Waals surface area contributed by atoms with Crippen LogP contribution in [0.1, 0.15) is 0 Å². The van der Waals surface area contributed by atoms with Gasteiger partial charge in [-0.05, 0) is 12.3 Å². The molecule has 1 aromatic carbocycles. The molecule has 0 unspecified atom stereocenters. The van der Waals surface area contributed by atoms with Crippen molar-refractivity contribution in [3.05, 3.63) is 35.5 Å². The van der Waals surface area contributed by atoms with Gasteiger partial charge in [-0.25, -0.2) is 14.8 Å². The zero-order chi connectivity index (χ0) is 13.8. The lowest BCUT2D eigenvalue weighted by molar-refractivity contribution is 0.209. The van der Waals surface area contributed by atoms with Gasteiger partial charge in [0.2, 0.25) is 0 Å². The van der Waals surface area contributed by atoms with Gasteiger partial charge in [-0.3, -0.25) is 5.32 Å². The summed E-state index contributed by atoms with van der Waals surface area (Å²) in [5.74, 6) is 0.222. The van der Waals surface area contributed by atoms with E-state index in [9.17, 15) is 4.79 Å². The molecular formula is C12H10ClN3O2S. The van der Waals surface area contributed by atoms with E-state index in [1.54, 1.807) is 24.4 Å². The van der Waals surface area contributed by atoms with Crippen molar-refractivity contribution in [2.45, 2.75) is 5.16 Å². The van der Waals surface area contributed by atoms with Crippen LogP contribution in [0.2, 0.25) is 5.02 Å². The van der Waals surface area contributed by atoms with Gasteiger partial charge < -0.3 is 5.11 Å². The molecule has 1 heterocycles. The Labute approximate surface area is 119 Å². The molecule has 2 rings (SSSR count). The maximum Gasteiger partial charge on any atom is 0.410 e. The van der Waals surface area contributed by atoms with Gasteiger partial charge in [0.1, 0.15) is 5.82 Å². The van der Waals surface area contributed by atoms with Gasteiger partial charge in [0.25, 0.3) is 0 Å². The van der Waals surface area contributed by atoms with Gasteiger partial charge >= 0.3 is 6.09 Å². The average Bonchev–Trinajstić information content (AvgIpc) is 2.39. The molecule has 0 spiro atoms. The predicted octanol–water partition coefficient (Wildman–Crippen LogP) is 3.61. The number of carboxylic acid groups (broad SMARTS) is 1. The molecule has 2 N–H and O–H groups in total. The van der Waals surface area contributed by atoms with Crippen molar-refractivity contribution in [2.75, 3.05) is 11.6 Å². The molecule has 19 heavy (non-hydrogen) atoms. The molecule has 0 aliphatic carbocycles. The van der Waals surface area contributed by atoms with Crippen LogP contribution in [-0.2, 0) is 0 Å². The quantitative estimate of drug-likeness (QED) is 0.668. The van der Waals surface area contributed by atoms with E-state index in [1.165, 1.54) is 11.8 Å². The van der Waals surface area contributed by atoms with Crippen LogP contribution in [0.3, 0.4) is 0 Å². The Morgan fingerprint density at radius 3 is 2.74 bits per heavy atom. The highest BCUT2D eigenvalue weighted by atomic mass is 35.5. The van der Waals surface area contributed by atoms with Crippen LogP contribution >= 0.6 is 23.4 Å². The third-order valence-electron chi connectivity index (χ3n) is 2.34. The van der Waals surface area contributed by atoms with E-state index in [0.717, 1.165) is 0 Å². The second-order valence-electron chi connectivity index (χ2n) is 3.53. The minimum atomic E-state index is -1.18. The van der Waals surface area contributed by atoms with E-state index in [4.69, 9.17) is 16.7 Å². The number of anilines is 1. The molecule has 0 aliphatic heterocycles. The number of nitrogens with zero attached hydrogens (tertiary/aromatic N) is 2. The third kappa shape index (κ3) is 3.15. The molecule has 2 aromatic rings. The second kappa shape index (κ2) is 5.90. The summed E-state index contributed by atoms with van der Waals surface area (Å²) in [4.78, 5) is 19.1. The molecule has 0 saturated heterocycles. The number of benzene rings is 1. The normalized spacial score (nSPS) is 10.2. The van der Waals surface area contributed by atoms with E-state index in [-0.39, 0.29) is 5.82 Å². The van der Waals surface area contributed by atoms with Crippen molar-refractivity contribution >= 4 is 35.3 Å². The Balaban J connectivity index is 2.56. The first-order valence-corrected chi connectivity index (χ1v) is 6.88. The Hall–Kier alpha value is -1.79. The number of halogens is 1. The van der Waals surface area contributed by atoms with Gasteiger partial charge in [0.05, 0.1) is 0 Å². The first kappa shape index (κ1) is 13.6. The Bertz CT molecular complexity index is 622. The molecule has 0 saturated carbocycles. The molecule has 5 nitrogen and oxygen atoms in total. The molecular weight excluding hydrogens is 286 g/mol. The summed E-state index contributed by atoms with van der Waals surface area (Å²) in [5.41, 5.74) is 1.23. The van der Waals surface area contributed by atoms with Gasteiger partial charge in [0, 0.05) is 22.3 Å². The number of rotatable bonds is 3. The number of hydrogen-bond acceptors (Lipinski definition) is 4. The molecule has 98 valence electrons. The van der Waals surface area contributed by atoms with Crippen LogP contribution in [0, 0.1) is 0 Å². The molecule has 0 radical (unpaired) electrons. The highest BCUT2D eigenvalue weighted by Gasteiger charge is 2.13. The minimum Gasteiger partial charge on any atom is -0.465 e. The first-order valence-electron chi connectivity index (χ1n) is 5.27. The molecule has 0 atom stereocenters. The fourth-order valence-corrected chi connectivity index (χ4v) is 2.12. The Morgan fingerprint density at radius 1 is 1.37 bits per heavy atom. The van der Waals surface area contributed by atoms with Crippen LogP contribution in [0.15, 0.2) is 35.6 Å². The van der Waals surface area contributed by atoms with E-state index >= 15 is 0 Å². The maximum atomic E-state index is 10.8. The van der Waals surface area contributed by atoms with E-state index in [2.05, 4.69) is 15.3 Å². The Kier molecular flexibility index (Phi) is 4.24. The summed E-state index contributed by atoms with van der Waals surface area (Å²) in [7, 11) is 0. The number of hydrogen-bond donors (Lipinski definition) is 2. The lowest BCUT2D eigenvalue weighted by Crippen LogP contribution is -2.11. The molecule has 7 heteroatoms. The summed E-state index contributed by atoms with van der Waals surface area (Å²) in [6.07, 6.45) is 2.19. The Morgan fingerprint density at radius 2 is 2.11 bits per heavy atom. The van der Waals surface area contributed by atoms with Crippen molar-refractivity contribution < 1.29 is 9.90 Å². The summed E-state index contributed by atoms with van der Waals surface area (Å²) in [6, 6.07) is 7.12. The van der Waals surface area contributed by atoms with Gasteiger partial charge in [-0.1, -0.05) is 41.6 Å². The van der Waals surface area contributed by atoms with Crippen molar-refractivity contribution in [3.63, 3.8) is 0 Å². The smallest absolute Gasteiger partial charge is 0.410 e. The largest absolute Gasteiger partial charge is 0.465 e. The van der Waals surface area contributed by atoms with Gasteiger partial charge in [-0.2, -0.15) is 0 Å². The minimum absolute atomic E-state index is 0.222. The number of carbonyl (C=O) groups is 1. The maximum absolute atomic E-state index is 10.8. The molecule has 0 fully saturated rings. The lowest BCUT2D eigenvalue weighted by Gasteiger charge is -2.10.